The number of hydrogen-bond donors (Lipinski definition) is 0. The van der Waals surface area contributed by atoms with E-state index in [4.69, 9.17) is 0 Å². The van der Waals surface area contributed by atoms with Crippen LogP contribution in [0.4, 0.5) is 0 Å². The molecule has 0 amide bonds. The van der Waals surface area contributed by atoms with Crippen LogP contribution in [0.5, 0.6) is 0 Å². The van der Waals surface area contributed by atoms with Crippen molar-refractivity contribution in [3.8, 4) is 0 Å². The maximum atomic E-state index is 12.0. The molecule has 0 aliphatic carbocycles. The van der Waals surface area contributed by atoms with Crippen molar-refractivity contribution in [2.24, 2.45) is 0 Å². The fourth-order valence-electron chi connectivity index (χ4n) is 1.57. The zero-order chi connectivity index (χ0) is 12.4. The van der Waals surface area contributed by atoms with E-state index < -0.39 is 0 Å². The molecule has 0 aliphatic rings. The number of hydrogen-bond acceptors (Lipinski definition) is 4. The second-order valence-electron chi connectivity index (χ2n) is 4.25. The Balaban J connectivity index is 2.11. The Morgan fingerprint density at radius 3 is 2.82 bits per heavy atom. The quantitative estimate of drug-likeness (QED) is 0.783. The minimum Gasteiger partial charge on any atom is -0.293 e. The lowest BCUT2D eigenvalue weighted by atomic mass is 10.2. The minimum absolute atomic E-state index is 0.0963. The van der Waals surface area contributed by atoms with E-state index in [0.717, 1.165) is 16.3 Å². The first kappa shape index (κ1) is 12.0. The van der Waals surface area contributed by atoms with Gasteiger partial charge in [-0.05, 0) is 26.8 Å². The second kappa shape index (κ2) is 4.79. The third-order valence-electron chi connectivity index (χ3n) is 2.53. The van der Waals surface area contributed by atoms with Crippen molar-refractivity contribution < 1.29 is 4.79 Å². The molecule has 0 aliphatic heterocycles. The van der Waals surface area contributed by atoms with Crippen molar-refractivity contribution in [3.05, 3.63) is 34.0 Å². The van der Waals surface area contributed by atoms with Crippen molar-refractivity contribution in [3.63, 3.8) is 0 Å². The third-order valence-corrected chi connectivity index (χ3v) is 3.50. The van der Waals surface area contributed by atoms with Crippen molar-refractivity contribution in [2.75, 3.05) is 0 Å². The van der Waals surface area contributed by atoms with Crippen LogP contribution < -0.4 is 0 Å². The topological polar surface area (TPSA) is 47.8 Å². The lowest BCUT2D eigenvalue weighted by molar-refractivity contribution is 0.0995. The van der Waals surface area contributed by atoms with Crippen LogP contribution in [-0.4, -0.2) is 20.5 Å². The van der Waals surface area contributed by atoms with Gasteiger partial charge in [0.1, 0.15) is 0 Å². The van der Waals surface area contributed by atoms with E-state index in [1.807, 2.05) is 23.9 Å². The predicted octanol–water partition coefficient (Wildman–Crippen LogP) is 2.65. The lowest BCUT2D eigenvalue weighted by Gasteiger charge is -2.03. The Hall–Kier alpha value is -1.49. The molecule has 2 aromatic heterocycles. The molecule has 0 radical (unpaired) electrons. The van der Waals surface area contributed by atoms with E-state index in [9.17, 15) is 4.79 Å². The summed E-state index contributed by atoms with van der Waals surface area (Å²) in [7, 11) is 0. The van der Waals surface area contributed by atoms with E-state index >= 15 is 0 Å². The van der Waals surface area contributed by atoms with Gasteiger partial charge in [-0.25, -0.2) is 4.98 Å². The summed E-state index contributed by atoms with van der Waals surface area (Å²) in [4.78, 5) is 16.8. The minimum atomic E-state index is 0.0963. The molecular formula is C12H15N3OS. The number of Topliss-reactive ketones (excluding diaryl/α,β-unsaturated/α-hetero) is 1. The Kier molecular flexibility index (Phi) is 3.38. The Bertz CT molecular complexity index is 527. The zero-order valence-corrected chi connectivity index (χ0v) is 11.0. The van der Waals surface area contributed by atoms with Crippen LogP contribution in [0.3, 0.4) is 0 Å². The molecule has 0 saturated carbocycles. The third kappa shape index (κ3) is 2.61. The Morgan fingerprint density at radius 1 is 1.53 bits per heavy atom. The van der Waals surface area contributed by atoms with Gasteiger partial charge in [0.15, 0.2) is 5.78 Å². The van der Waals surface area contributed by atoms with Crippen LogP contribution in [0.1, 0.15) is 40.9 Å². The summed E-state index contributed by atoms with van der Waals surface area (Å²) >= 11 is 1.39. The van der Waals surface area contributed by atoms with Gasteiger partial charge in [-0.3, -0.25) is 9.48 Å². The first-order valence-corrected chi connectivity index (χ1v) is 6.43. The lowest BCUT2D eigenvalue weighted by Crippen LogP contribution is -2.06. The highest BCUT2D eigenvalue weighted by Crippen LogP contribution is 2.15. The normalized spacial score (nSPS) is 11.1. The van der Waals surface area contributed by atoms with Crippen LogP contribution in [0.25, 0.3) is 0 Å². The number of aromatic nitrogens is 3. The highest BCUT2D eigenvalue weighted by Gasteiger charge is 2.14. The molecule has 2 heterocycles. The average Bonchev–Trinajstić information content (AvgIpc) is 2.86. The van der Waals surface area contributed by atoms with Gasteiger partial charge in [0.2, 0.25) is 0 Å². The summed E-state index contributed by atoms with van der Waals surface area (Å²) in [5, 5.41) is 4.37. The Labute approximate surface area is 104 Å². The number of rotatable bonds is 4. The highest BCUT2D eigenvalue weighted by molar-refractivity contribution is 7.11. The van der Waals surface area contributed by atoms with E-state index in [1.54, 1.807) is 5.51 Å². The molecule has 0 spiro atoms. The molecule has 0 fully saturated rings. The fourth-order valence-corrected chi connectivity index (χ4v) is 2.32. The molecule has 0 atom stereocenters. The van der Waals surface area contributed by atoms with Crippen LogP contribution in [0.2, 0.25) is 0 Å². The average molecular weight is 249 g/mol. The molecule has 0 N–H and O–H groups in total. The summed E-state index contributed by atoms with van der Waals surface area (Å²) < 4.78 is 1.86. The largest absolute Gasteiger partial charge is 0.293 e. The maximum Gasteiger partial charge on any atom is 0.180 e. The predicted molar refractivity (Wildman–Crippen MR) is 67.5 cm³/mol. The Morgan fingerprint density at radius 2 is 2.29 bits per heavy atom. The smallest absolute Gasteiger partial charge is 0.180 e. The summed E-state index contributed by atoms with van der Waals surface area (Å²) in [5.41, 5.74) is 3.33. The van der Waals surface area contributed by atoms with Gasteiger partial charge in [0.05, 0.1) is 28.2 Å². The number of carbonyl (C=O) groups is 1. The van der Waals surface area contributed by atoms with Crippen molar-refractivity contribution in [2.45, 2.75) is 33.2 Å². The summed E-state index contributed by atoms with van der Waals surface area (Å²) in [6, 6.07) is 2.22. The molecule has 0 saturated heterocycles. The molecular weight excluding hydrogens is 234 g/mol. The van der Waals surface area contributed by atoms with Crippen LogP contribution in [0, 0.1) is 6.92 Å². The van der Waals surface area contributed by atoms with Gasteiger partial charge < -0.3 is 0 Å². The number of ketones is 1. The van der Waals surface area contributed by atoms with Crippen LogP contribution in [0.15, 0.2) is 17.8 Å². The monoisotopic (exact) mass is 249 g/mol. The first-order chi connectivity index (χ1) is 8.08. The molecule has 2 aromatic rings. The van der Waals surface area contributed by atoms with E-state index in [2.05, 4.69) is 23.9 Å². The molecule has 17 heavy (non-hydrogen) atoms. The van der Waals surface area contributed by atoms with Gasteiger partial charge in [0, 0.05) is 12.2 Å². The van der Waals surface area contributed by atoms with Crippen molar-refractivity contribution in [1.29, 1.82) is 0 Å². The molecule has 0 aromatic carbocycles. The highest BCUT2D eigenvalue weighted by atomic mass is 32.1. The van der Waals surface area contributed by atoms with Crippen molar-refractivity contribution in [1.82, 2.24) is 14.8 Å². The summed E-state index contributed by atoms with van der Waals surface area (Å²) in [6.45, 7) is 5.98. The van der Waals surface area contributed by atoms with E-state index in [0.29, 0.717) is 12.5 Å². The number of carbonyl (C=O) groups excluding carboxylic acids is 1. The molecule has 0 unspecified atom stereocenters. The summed E-state index contributed by atoms with van der Waals surface area (Å²) in [5.74, 6) is 0.0963. The maximum absolute atomic E-state index is 12.0. The van der Waals surface area contributed by atoms with E-state index in [-0.39, 0.29) is 5.78 Å². The molecule has 90 valence electrons. The fraction of sp³-hybridized carbons (Fsp3) is 0.417. The second-order valence-corrected chi connectivity index (χ2v) is 5.10. The zero-order valence-electron chi connectivity index (χ0n) is 10.2. The van der Waals surface area contributed by atoms with E-state index in [1.165, 1.54) is 11.3 Å². The number of thiazole rings is 1. The SMILES string of the molecule is Cc1ncsc1C(=O)Cc1ccn(C(C)C)n1. The van der Waals surface area contributed by atoms with Crippen LogP contribution in [-0.2, 0) is 6.42 Å². The standard InChI is InChI=1S/C12H15N3OS/c1-8(2)15-5-4-10(14-15)6-11(16)12-9(3)13-7-17-12/h4-5,7-8H,6H2,1-3H3. The molecule has 2 rings (SSSR count). The van der Waals surface area contributed by atoms with Gasteiger partial charge in [-0.2, -0.15) is 5.10 Å². The van der Waals surface area contributed by atoms with Gasteiger partial charge in [-0.15, -0.1) is 11.3 Å². The molecule has 5 heteroatoms. The van der Waals surface area contributed by atoms with Gasteiger partial charge >= 0.3 is 0 Å². The van der Waals surface area contributed by atoms with Gasteiger partial charge in [-0.1, -0.05) is 0 Å². The molecule has 4 nitrogen and oxygen atoms in total. The number of nitrogens with zero attached hydrogens (tertiary/aromatic N) is 3. The summed E-state index contributed by atoms with van der Waals surface area (Å²) in [6.07, 6.45) is 2.26. The first-order valence-electron chi connectivity index (χ1n) is 5.55. The van der Waals surface area contributed by atoms with Crippen LogP contribution >= 0.6 is 11.3 Å². The number of aryl methyl sites for hydroxylation is 1. The van der Waals surface area contributed by atoms with Crippen molar-refractivity contribution >= 4 is 17.1 Å². The van der Waals surface area contributed by atoms with Gasteiger partial charge in [0.25, 0.3) is 0 Å². The molecule has 0 bridgehead atoms.